The molecular formula is C17H24N2O2. The summed E-state index contributed by atoms with van der Waals surface area (Å²) in [4.78, 5) is 14.6. The molecule has 0 unspecified atom stereocenters. The monoisotopic (exact) mass is 288 g/mol. The molecule has 0 saturated carbocycles. The number of methoxy groups -OCH3 is 1. The van der Waals surface area contributed by atoms with E-state index in [0.717, 1.165) is 37.1 Å². The van der Waals surface area contributed by atoms with Crippen molar-refractivity contribution >= 4 is 5.91 Å². The molecular weight excluding hydrogens is 264 g/mol. The van der Waals surface area contributed by atoms with Crippen LogP contribution in [0.3, 0.4) is 0 Å². The maximum atomic E-state index is 12.7. The molecule has 0 saturated heterocycles. The minimum absolute atomic E-state index is 0.134. The number of hydrogen-bond acceptors (Lipinski definition) is 3. The Labute approximate surface area is 126 Å². The lowest BCUT2D eigenvalue weighted by atomic mass is 10.0. The minimum Gasteiger partial charge on any atom is -0.380 e. The second-order valence-electron chi connectivity index (χ2n) is 5.31. The van der Waals surface area contributed by atoms with Crippen LogP contribution in [0.25, 0.3) is 0 Å². The number of rotatable bonds is 6. The molecule has 1 N–H and O–H groups in total. The fourth-order valence-electron chi connectivity index (χ4n) is 2.59. The van der Waals surface area contributed by atoms with Crippen molar-refractivity contribution in [2.24, 2.45) is 0 Å². The molecule has 4 heteroatoms. The predicted octanol–water partition coefficient (Wildman–Crippen LogP) is 1.87. The highest BCUT2D eigenvalue weighted by atomic mass is 16.5. The van der Waals surface area contributed by atoms with Gasteiger partial charge in [-0.25, -0.2) is 0 Å². The number of amides is 1. The molecule has 0 bridgehead atoms. The maximum absolute atomic E-state index is 12.7. The van der Waals surface area contributed by atoms with E-state index in [-0.39, 0.29) is 5.91 Å². The third-order valence-corrected chi connectivity index (χ3v) is 3.81. The zero-order chi connectivity index (χ0) is 15.1. The molecule has 0 spiro atoms. The van der Waals surface area contributed by atoms with E-state index in [1.54, 1.807) is 7.11 Å². The summed E-state index contributed by atoms with van der Waals surface area (Å²) in [7, 11) is 3.63. The zero-order valence-corrected chi connectivity index (χ0v) is 12.9. The Kier molecular flexibility index (Phi) is 5.96. The molecule has 1 aromatic rings. The van der Waals surface area contributed by atoms with Crippen molar-refractivity contribution in [2.45, 2.75) is 12.8 Å². The number of hydrogen-bond donors (Lipinski definition) is 1. The molecule has 0 radical (unpaired) electrons. The molecule has 0 aromatic heterocycles. The molecule has 114 valence electrons. The molecule has 1 heterocycles. The molecule has 4 nitrogen and oxygen atoms in total. The molecule has 1 amide bonds. The van der Waals surface area contributed by atoms with Gasteiger partial charge in [0.1, 0.15) is 0 Å². The van der Waals surface area contributed by atoms with Crippen LogP contribution in [0.15, 0.2) is 35.9 Å². The van der Waals surface area contributed by atoms with Crippen LogP contribution in [0.4, 0.5) is 0 Å². The molecule has 21 heavy (non-hydrogen) atoms. The van der Waals surface area contributed by atoms with Gasteiger partial charge >= 0.3 is 0 Å². The van der Waals surface area contributed by atoms with E-state index in [0.29, 0.717) is 13.2 Å². The van der Waals surface area contributed by atoms with Gasteiger partial charge in [0.05, 0.1) is 6.61 Å². The Hall–Kier alpha value is -1.65. The van der Waals surface area contributed by atoms with Gasteiger partial charge in [-0.2, -0.15) is 0 Å². The van der Waals surface area contributed by atoms with Crippen LogP contribution in [0.5, 0.6) is 0 Å². The van der Waals surface area contributed by atoms with Gasteiger partial charge in [-0.05, 0) is 43.6 Å². The average Bonchev–Trinajstić information content (AvgIpc) is 2.53. The largest absolute Gasteiger partial charge is 0.380 e. The lowest BCUT2D eigenvalue weighted by Crippen LogP contribution is -2.36. The summed E-state index contributed by atoms with van der Waals surface area (Å²) in [6.45, 7) is 3.00. The number of ether oxygens (including phenoxy) is 1. The van der Waals surface area contributed by atoms with Crippen LogP contribution in [-0.2, 0) is 11.2 Å². The summed E-state index contributed by atoms with van der Waals surface area (Å²) in [5.74, 6) is 0.134. The minimum atomic E-state index is 0.134. The van der Waals surface area contributed by atoms with Gasteiger partial charge < -0.3 is 15.0 Å². The van der Waals surface area contributed by atoms with Crippen LogP contribution >= 0.6 is 0 Å². The molecule has 1 aliphatic heterocycles. The first kappa shape index (κ1) is 15.7. The Balaban J connectivity index is 2.07. The Morgan fingerprint density at radius 3 is 2.86 bits per heavy atom. The SMILES string of the molecule is CNCCc1ccccc1C(=O)N1CC=C(COC)CC1. The van der Waals surface area contributed by atoms with Gasteiger partial charge in [-0.3, -0.25) is 4.79 Å². The number of nitrogens with one attached hydrogen (secondary N) is 1. The smallest absolute Gasteiger partial charge is 0.254 e. The highest BCUT2D eigenvalue weighted by molar-refractivity contribution is 5.96. The van der Waals surface area contributed by atoms with E-state index in [4.69, 9.17) is 4.74 Å². The fraction of sp³-hybridized carbons (Fsp3) is 0.471. The topological polar surface area (TPSA) is 41.6 Å². The predicted molar refractivity (Wildman–Crippen MR) is 84.6 cm³/mol. The van der Waals surface area contributed by atoms with Crippen LogP contribution in [0.1, 0.15) is 22.3 Å². The Morgan fingerprint density at radius 2 is 2.19 bits per heavy atom. The molecule has 2 rings (SSSR count). The standard InChI is InChI=1S/C17H24N2O2/c1-18-10-7-15-5-3-4-6-16(15)17(20)19-11-8-14(9-12-19)13-21-2/h3-6,8,18H,7,9-13H2,1-2H3. The number of nitrogens with zero attached hydrogens (tertiary/aromatic N) is 1. The van der Waals surface area contributed by atoms with Crippen LogP contribution in [0, 0.1) is 0 Å². The van der Waals surface area contributed by atoms with Crippen LogP contribution in [0.2, 0.25) is 0 Å². The summed E-state index contributed by atoms with van der Waals surface area (Å²) in [5, 5.41) is 3.13. The zero-order valence-electron chi connectivity index (χ0n) is 12.9. The average molecular weight is 288 g/mol. The number of carbonyl (C=O) groups excluding carboxylic acids is 1. The third kappa shape index (κ3) is 4.16. The van der Waals surface area contributed by atoms with Gasteiger partial charge in [-0.1, -0.05) is 24.3 Å². The summed E-state index contributed by atoms with van der Waals surface area (Å²) >= 11 is 0. The van der Waals surface area contributed by atoms with E-state index < -0.39 is 0 Å². The van der Waals surface area contributed by atoms with Crippen molar-refractivity contribution in [3.8, 4) is 0 Å². The molecule has 1 aromatic carbocycles. The highest BCUT2D eigenvalue weighted by Gasteiger charge is 2.20. The highest BCUT2D eigenvalue weighted by Crippen LogP contribution is 2.17. The summed E-state index contributed by atoms with van der Waals surface area (Å²) in [6, 6.07) is 7.91. The maximum Gasteiger partial charge on any atom is 0.254 e. The van der Waals surface area contributed by atoms with Gasteiger partial charge in [0.15, 0.2) is 0 Å². The third-order valence-electron chi connectivity index (χ3n) is 3.81. The fourth-order valence-corrected chi connectivity index (χ4v) is 2.59. The normalized spacial score (nSPS) is 15.0. The van der Waals surface area contributed by atoms with Gasteiger partial charge in [0.25, 0.3) is 5.91 Å². The van der Waals surface area contributed by atoms with E-state index in [1.165, 1.54) is 5.57 Å². The summed E-state index contributed by atoms with van der Waals surface area (Å²) < 4.78 is 5.15. The first-order valence-electron chi connectivity index (χ1n) is 7.45. The van der Waals surface area contributed by atoms with Crippen LogP contribution < -0.4 is 5.32 Å². The Bertz CT molecular complexity index is 511. The van der Waals surface area contributed by atoms with Crippen molar-refractivity contribution in [2.75, 3.05) is 40.4 Å². The van der Waals surface area contributed by atoms with Crippen molar-refractivity contribution in [1.82, 2.24) is 10.2 Å². The lowest BCUT2D eigenvalue weighted by Gasteiger charge is -2.27. The van der Waals surface area contributed by atoms with Crippen molar-refractivity contribution in [1.29, 1.82) is 0 Å². The lowest BCUT2D eigenvalue weighted by molar-refractivity contribution is 0.0764. The van der Waals surface area contributed by atoms with E-state index in [9.17, 15) is 4.79 Å². The van der Waals surface area contributed by atoms with Gasteiger partial charge in [0.2, 0.25) is 0 Å². The van der Waals surface area contributed by atoms with Gasteiger partial charge in [0, 0.05) is 25.8 Å². The Morgan fingerprint density at radius 1 is 1.38 bits per heavy atom. The van der Waals surface area contributed by atoms with E-state index >= 15 is 0 Å². The molecule has 0 atom stereocenters. The molecule has 0 aliphatic carbocycles. The second-order valence-corrected chi connectivity index (χ2v) is 5.31. The summed E-state index contributed by atoms with van der Waals surface area (Å²) in [5.41, 5.74) is 3.23. The molecule has 1 aliphatic rings. The van der Waals surface area contributed by atoms with Gasteiger partial charge in [-0.15, -0.1) is 0 Å². The first-order valence-corrected chi connectivity index (χ1v) is 7.45. The second kappa shape index (κ2) is 7.96. The van der Waals surface area contributed by atoms with Crippen molar-refractivity contribution < 1.29 is 9.53 Å². The number of benzene rings is 1. The van der Waals surface area contributed by atoms with Crippen LogP contribution in [-0.4, -0.2) is 51.2 Å². The van der Waals surface area contributed by atoms with E-state index in [2.05, 4.69) is 11.4 Å². The first-order chi connectivity index (χ1) is 10.3. The number of likely N-dealkylation sites (N-methyl/N-ethyl adjacent to an activating group) is 1. The molecule has 0 fully saturated rings. The summed E-state index contributed by atoms with van der Waals surface area (Å²) in [6.07, 6.45) is 3.89. The van der Waals surface area contributed by atoms with E-state index in [1.807, 2.05) is 36.2 Å². The van der Waals surface area contributed by atoms with Crippen molar-refractivity contribution in [3.05, 3.63) is 47.0 Å². The number of carbonyl (C=O) groups is 1. The van der Waals surface area contributed by atoms with Crippen molar-refractivity contribution in [3.63, 3.8) is 0 Å². The quantitative estimate of drug-likeness (QED) is 0.813.